The van der Waals surface area contributed by atoms with Gasteiger partial charge >= 0.3 is 12.2 Å². The van der Waals surface area contributed by atoms with E-state index in [4.69, 9.17) is 26.8 Å². The molecule has 0 atom stereocenters. The van der Waals surface area contributed by atoms with Crippen molar-refractivity contribution in [3.8, 4) is 11.5 Å². The lowest BCUT2D eigenvalue weighted by atomic mass is 10.1. The van der Waals surface area contributed by atoms with Crippen molar-refractivity contribution in [2.45, 2.75) is 19.3 Å². The Morgan fingerprint density at radius 3 is 2.39 bits per heavy atom. The number of methoxy groups -OCH3 is 1. The Balaban J connectivity index is 0.00000456. The molecule has 3 aromatic rings. The number of nitrogens with one attached hydrogen (secondary N) is 1. The largest absolute Gasteiger partial charge is 0.493 e. The maximum Gasteiger partial charge on any atom is 0.417 e. The van der Waals surface area contributed by atoms with E-state index >= 15 is 0 Å². The zero-order valence-electron chi connectivity index (χ0n) is 19.3. The molecule has 0 aliphatic carbocycles. The van der Waals surface area contributed by atoms with E-state index in [0.29, 0.717) is 18.1 Å². The topological polar surface area (TPSA) is 76.8 Å². The first-order valence-electron chi connectivity index (χ1n) is 10.7. The molecule has 0 saturated heterocycles. The third kappa shape index (κ3) is 7.94. The first-order valence-corrected chi connectivity index (χ1v) is 11.1. The third-order valence-electron chi connectivity index (χ3n) is 5.05. The molecule has 0 bridgehead atoms. The van der Waals surface area contributed by atoms with Crippen LogP contribution in [-0.4, -0.2) is 31.1 Å². The quantitative estimate of drug-likeness (QED) is 0.329. The van der Waals surface area contributed by atoms with Crippen LogP contribution in [0.15, 0.2) is 66.7 Å². The van der Waals surface area contributed by atoms with Crippen molar-refractivity contribution >= 4 is 35.7 Å². The molecule has 0 aromatic heterocycles. The van der Waals surface area contributed by atoms with Gasteiger partial charge in [-0.15, -0.1) is 12.4 Å². The molecular weight excluding hydrogens is 518 g/mol. The number of halogens is 5. The molecule has 11 heteroatoms. The predicted octanol–water partition coefficient (Wildman–Crippen LogP) is 6.36. The second-order valence-corrected chi connectivity index (χ2v) is 8.00. The Morgan fingerprint density at radius 2 is 1.75 bits per heavy atom. The van der Waals surface area contributed by atoms with Crippen LogP contribution >= 0.6 is 24.0 Å². The highest BCUT2D eigenvalue weighted by molar-refractivity contribution is 6.31. The average molecular weight is 544 g/mol. The first kappa shape index (κ1) is 29.1. The van der Waals surface area contributed by atoms with Crippen molar-refractivity contribution < 1.29 is 27.4 Å². The normalized spacial score (nSPS) is 10.8. The number of hydrogen-bond donors (Lipinski definition) is 2. The molecular formula is C25H26Cl2F3N3O3. The van der Waals surface area contributed by atoms with E-state index in [1.54, 1.807) is 18.2 Å². The molecule has 0 aliphatic rings. The van der Waals surface area contributed by atoms with Crippen LogP contribution in [0.4, 0.5) is 23.7 Å². The smallest absolute Gasteiger partial charge is 0.417 e. The van der Waals surface area contributed by atoms with Crippen LogP contribution in [-0.2, 0) is 19.3 Å². The molecule has 36 heavy (non-hydrogen) atoms. The van der Waals surface area contributed by atoms with Gasteiger partial charge in [0.25, 0.3) is 0 Å². The van der Waals surface area contributed by atoms with E-state index < -0.39 is 22.8 Å². The van der Waals surface area contributed by atoms with Gasteiger partial charge in [0, 0.05) is 25.3 Å². The lowest BCUT2D eigenvalue weighted by Gasteiger charge is -2.23. The number of alkyl halides is 3. The highest BCUT2D eigenvalue weighted by atomic mass is 35.5. The van der Waals surface area contributed by atoms with E-state index in [2.05, 4.69) is 5.32 Å². The number of amides is 2. The zero-order chi connectivity index (χ0) is 25.4. The number of nitrogens with zero attached hydrogens (tertiary/aromatic N) is 1. The first-order chi connectivity index (χ1) is 16.7. The third-order valence-corrected chi connectivity index (χ3v) is 5.38. The van der Waals surface area contributed by atoms with E-state index in [-0.39, 0.29) is 37.7 Å². The molecule has 3 N–H and O–H groups in total. The van der Waals surface area contributed by atoms with Gasteiger partial charge in [-0.25, -0.2) is 4.79 Å². The number of rotatable bonds is 9. The fourth-order valence-electron chi connectivity index (χ4n) is 3.32. The van der Waals surface area contributed by atoms with Crippen LogP contribution in [0.1, 0.15) is 16.7 Å². The van der Waals surface area contributed by atoms with E-state index in [1.165, 1.54) is 18.1 Å². The number of ether oxygens (including phenoxy) is 2. The summed E-state index contributed by atoms with van der Waals surface area (Å²) in [6, 6.07) is 17.5. The van der Waals surface area contributed by atoms with Crippen LogP contribution in [0.2, 0.25) is 5.02 Å². The minimum absolute atomic E-state index is 0. The summed E-state index contributed by atoms with van der Waals surface area (Å²) in [5.41, 5.74) is 6.32. The van der Waals surface area contributed by atoms with Gasteiger partial charge in [0.1, 0.15) is 6.61 Å². The Morgan fingerprint density at radius 1 is 1.03 bits per heavy atom. The van der Waals surface area contributed by atoms with Gasteiger partial charge < -0.3 is 25.4 Å². The minimum Gasteiger partial charge on any atom is -0.493 e. The van der Waals surface area contributed by atoms with Crippen LogP contribution in [0.5, 0.6) is 11.5 Å². The number of hydrogen-bond acceptors (Lipinski definition) is 4. The summed E-state index contributed by atoms with van der Waals surface area (Å²) >= 11 is 5.65. The molecule has 194 valence electrons. The Kier molecular flexibility index (Phi) is 10.7. The highest BCUT2D eigenvalue weighted by Gasteiger charge is 2.33. The number of urea groups is 1. The summed E-state index contributed by atoms with van der Waals surface area (Å²) in [6.45, 7) is 0.856. The number of carbonyl (C=O) groups is 1. The number of carbonyl (C=O) groups excluding carboxylic acids is 1. The van der Waals surface area contributed by atoms with Gasteiger partial charge in [0.2, 0.25) is 0 Å². The average Bonchev–Trinajstić information content (AvgIpc) is 2.84. The van der Waals surface area contributed by atoms with E-state index in [9.17, 15) is 18.0 Å². The summed E-state index contributed by atoms with van der Waals surface area (Å²) in [4.78, 5) is 14.2. The van der Waals surface area contributed by atoms with Gasteiger partial charge in [0.15, 0.2) is 11.5 Å². The summed E-state index contributed by atoms with van der Waals surface area (Å²) in [6.07, 6.45) is -4.64. The van der Waals surface area contributed by atoms with Crippen LogP contribution < -0.4 is 20.5 Å². The van der Waals surface area contributed by atoms with Crippen LogP contribution in [0.25, 0.3) is 0 Å². The van der Waals surface area contributed by atoms with Crippen LogP contribution in [0.3, 0.4) is 0 Å². The molecule has 3 rings (SSSR count). The highest BCUT2D eigenvalue weighted by Crippen LogP contribution is 2.36. The molecule has 0 heterocycles. The fraction of sp³-hybridized carbons (Fsp3) is 0.240. The standard InChI is InChI=1S/C25H25ClF3N3O3.ClH/c1-34-23-13-18(7-10-22(23)35-16-17-5-3-2-4-6-17)15-32(12-11-30)24(33)31-19-8-9-21(26)20(14-19)25(27,28)29;/h2-10,13-14H,11-12,15-16,30H2,1H3,(H,31,33);1H. The maximum absolute atomic E-state index is 13.1. The molecule has 0 unspecified atom stereocenters. The van der Waals surface area contributed by atoms with Gasteiger partial charge in [-0.05, 0) is 41.5 Å². The van der Waals surface area contributed by atoms with E-state index in [0.717, 1.165) is 23.3 Å². The molecule has 2 amide bonds. The molecule has 0 radical (unpaired) electrons. The minimum atomic E-state index is -4.64. The Hall–Kier alpha value is -3.14. The Labute approximate surface area is 218 Å². The van der Waals surface area contributed by atoms with Crippen molar-refractivity contribution in [3.63, 3.8) is 0 Å². The maximum atomic E-state index is 13.1. The molecule has 3 aromatic carbocycles. The lowest BCUT2D eigenvalue weighted by Crippen LogP contribution is -2.38. The SMILES string of the molecule is COc1cc(CN(CCN)C(=O)Nc2ccc(Cl)c(C(F)(F)F)c2)ccc1OCc1ccccc1.Cl. The monoisotopic (exact) mass is 543 g/mol. The molecule has 0 saturated carbocycles. The predicted molar refractivity (Wildman–Crippen MR) is 136 cm³/mol. The van der Waals surface area contributed by atoms with Crippen molar-refractivity contribution in [3.05, 3.63) is 88.4 Å². The molecule has 6 nitrogen and oxygen atoms in total. The number of benzene rings is 3. The van der Waals surface area contributed by atoms with Crippen molar-refractivity contribution in [2.75, 3.05) is 25.5 Å². The summed E-state index contributed by atoms with van der Waals surface area (Å²) in [5, 5.41) is 2.03. The van der Waals surface area contributed by atoms with Crippen LogP contribution in [0, 0.1) is 0 Å². The van der Waals surface area contributed by atoms with Gasteiger partial charge in [0.05, 0.1) is 17.7 Å². The second kappa shape index (κ2) is 13.2. The van der Waals surface area contributed by atoms with Gasteiger partial charge in [-0.3, -0.25) is 0 Å². The number of anilines is 1. The van der Waals surface area contributed by atoms with E-state index in [1.807, 2.05) is 30.3 Å². The molecule has 0 aliphatic heterocycles. The van der Waals surface area contributed by atoms with Crippen molar-refractivity contribution in [2.24, 2.45) is 5.73 Å². The van der Waals surface area contributed by atoms with Gasteiger partial charge in [-0.2, -0.15) is 13.2 Å². The second-order valence-electron chi connectivity index (χ2n) is 7.59. The Bertz CT molecular complexity index is 1150. The zero-order valence-corrected chi connectivity index (χ0v) is 20.9. The van der Waals surface area contributed by atoms with Crippen molar-refractivity contribution in [1.29, 1.82) is 0 Å². The summed E-state index contributed by atoms with van der Waals surface area (Å²) in [5.74, 6) is 1.02. The lowest BCUT2D eigenvalue weighted by molar-refractivity contribution is -0.137. The molecule has 0 spiro atoms. The fourth-order valence-corrected chi connectivity index (χ4v) is 3.54. The van der Waals surface area contributed by atoms with Crippen molar-refractivity contribution in [1.82, 2.24) is 4.90 Å². The number of nitrogens with two attached hydrogens (primary N) is 1. The summed E-state index contributed by atoms with van der Waals surface area (Å²) < 4.78 is 50.7. The van der Waals surface area contributed by atoms with Gasteiger partial charge in [-0.1, -0.05) is 48.0 Å². The molecule has 0 fully saturated rings. The summed E-state index contributed by atoms with van der Waals surface area (Å²) in [7, 11) is 1.51.